The van der Waals surface area contributed by atoms with E-state index in [-0.39, 0.29) is 11.5 Å². The molecule has 0 radical (unpaired) electrons. The number of rotatable bonds is 3. The van der Waals surface area contributed by atoms with Crippen molar-refractivity contribution in [2.24, 2.45) is 5.92 Å². The number of ether oxygens (including phenoxy) is 2. The van der Waals surface area contributed by atoms with Crippen LogP contribution in [0.15, 0.2) is 0 Å². The summed E-state index contributed by atoms with van der Waals surface area (Å²) in [5, 5.41) is 2.76. The van der Waals surface area contributed by atoms with Crippen LogP contribution in [0.2, 0.25) is 0 Å². The van der Waals surface area contributed by atoms with Crippen molar-refractivity contribution in [1.82, 2.24) is 5.32 Å². The Kier molecular flexibility index (Phi) is 4.33. The third-order valence-electron chi connectivity index (χ3n) is 4.05. The first-order chi connectivity index (χ1) is 8.17. The smallest absolute Gasteiger partial charge is 0.253 e. The molecule has 0 saturated carbocycles. The monoisotopic (exact) mass is 249 g/mol. The van der Waals surface area contributed by atoms with Crippen molar-refractivity contribution >= 4 is 0 Å². The molecule has 2 aliphatic rings. The molecule has 2 unspecified atom stereocenters. The minimum atomic E-state index is -2.31. The van der Waals surface area contributed by atoms with Crippen LogP contribution < -0.4 is 5.32 Å². The highest BCUT2D eigenvalue weighted by atomic mass is 19.3. The molecule has 2 heterocycles. The highest BCUT2D eigenvalue weighted by Gasteiger charge is 2.42. The molecule has 0 amide bonds. The fourth-order valence-corrected chi connectivity index (χ4v) is 3.03. The summed E-state index contributed by atoms with van der Waals surface area (Å²) in [6.07, 6.45) is 0.816. The van der Waals surface area contributed by atoms with Crippen LogP contribution in [0.3, 0.4) is 0 Å². The summed E-state index contributed by atoms with van der Waals surface area (Å²) in [6.45, 7) is 1.97. The lowest BCUT2D eigenvalue weighted by Crippen LogP contribution is -2.50. The van der Waals surface area contributed by atoms with E-state index >= 15 is 0 Å². The number of halogens is 2. The van der Waals surface area contributed by atoms with Crippen molar-refractivity contribution in [3.05, 3.63) is 0 Å². The van der Waals surface area contributed by atoms with Crippen LogP contribution in [0.1, 0.15) is 25.7 Å². The van der Waals surface area contributed by atoms with Crippen molar-refractivity contribution < 1.29 is 18.3 Å². The maximum Gasteiger partial charge on any atom is 0.253 e. The zero-order valence-electron chi connectivity index (χ0n) is 10.3. The van der Waals surface area contributed by atoms with Crippen LogP contribution in [0.5, 0.6) is 0 Å². The Morgan fingerprint density at radius 3 is 2.53 bits per heavy atom. The molecule has 2 atom stereocenters. The normalized spacial score (nSPS) is 30.7. The van der Waals surface area contributed by atoms with Gasteiger partial charge in [-0.15, -0.1) is 0 Å². The van der Waals surface area contributed by atoms with Crippen molar-refractivity contribution in [1.29, 1.82) is 0 Å². The van der Waals surface area contributed by atoms with E-state index in [4.69, 9.17) is 9.47 Å². The Morgan fingerprint density at radius 2 is 1.94 bits per heavy atom. The maximum atomic E-state index is 12.9. The van der Waals surface area contributed by atoms with Crippen LogP contribution in [0.25, 0.3) is 0 Å². The van der Waals surface area contributed by atoms with Gasteiger partial charge in [-0.1, -0.05) is 0 Å². The summed E-state index contributed by atoms with van der Waals surface area (Å²) < 4.78 is 37.0. The Hall–Kier alpha value is -0.260. The predicted molar refractivity (Wildman–Crippen MR) is 60.3 cm³/mol. The molecular weight excluding hydrogens is 228 g/mol. The van der Waals surface area contributed by atoms with E-state index in [1.54, 1.807) is 7.05 Å². The van der Waals surface area contributed by atoms with E-state index in [1.807, 2.05) is 0 Å². The van der Waals surface area contributed by atoms with E-state index < -0.39 is 12.5 Å². The van der Waals surface area contributed by atoms with Gasteiger partial charge in [0, 0.05) is 19.8 Å². The topological polar surface area (TPSA) is 30.5 Å². The summed E-state index contributed by atoms with van der Waals surface area (Å²) in [5.41, 5.74) is -0.203. The summed E-state index contributed by atoms with van der Waals surface area (Å²) in [4.78, 5) is 0. The molecule has 0 aromatic carbocycles. The second kappa shape index (κ2) is 5.59. The Bertz CT molecular complexity index is 239. The van der Waals surface area contributed by atoms with Gasteiger partial charge in [-0.2, -0.15) is 0 Å². The maximum absolute atomic E-state index is 12.9. The Labute approximate surface area is 101 Å². The summed E-state index contributed by atoms with van der Waals surface area (Å²) in [7, 11) is 1.61. The van der Waals surface area contributed by atoms with Crippen LogP contribution in [-0.4, -0.2) is 44.9 Å². The third-order valence-corrected chi connectivity index (χ3v) is 4.05. The van der Waals surface area contributed by atoms with Gasteiger partial charge in [-0.05, 0) is 38.6 Å². The summed E-state index contributed by atoms with van der Waals surface area (Å²) >= 11 is 0. The van der Waals surface area contributed by atoms with Crippen LogP contribution >= 0.6 is 0 Å². The second-order valence-corrected chi connectivity index (χ2v) is 5.05. The van der Waals surface area contributed by atoms with Gasteiger partial charge in [0.1, 0.15) is 0 Å². The van der Waals surface area contributed by atoms with Crippen LogP contribution in [-0.2, 0) is 9.47 Å². The van der Waals surface area contributed by atoms with E-state index in [0.717, 1.165) is 25.7 Å². The van der Waals surface area contributed by atoms with Crippen molar-refractivity contribution in [3.8, 4) is 0 Å². The van der Waals surface area contributed by atoms with Gasteiger partial charge < -0.3 is 14.8 Å². The zero-order chi connectivity index (χ0) is 12.3. The van der Waals surface area contributed by atoms with Crippen molar-refractivity contribution in [3.63, 3.8) is 0 Å². The van der Waals surface area contributed by atoms with Gasteiger partial charge in [-0.3, -0.25) is 0 Å². The standard InChI is InChI=1S/C12H21F2NO2/c1-15-10(11(13)14)9-2-5-17-12(8-9)3-6-16-7-4-12/h9-11,15H,2-8H2,1H3. The fraction of sp³-hybridized carbons (Fsp3) is 1.00. The molecule has 0 bridgehead atoms. The molecule has 1 N–H and O–H groups in total. The van der Waals surface area contributed by atoms with Gasteiger partial charge >= 0.3 is 0 Å². The molecule has 5 heteroatoms. The molecule has 2 aliphatic heterocycles. The third kappa shape index (κ3) is 2.95. The molecule has 0 aliphatic carbocycles. The van der Waals surface area contributed by atoms with Gasteiger partial charge in [-0.25, -0.2) is 8.78 Å². The first kappa shape index (κ1) is 13.2. The van der Waals surface area contributed by atoms with E-state index in [9.17, 15) is 8.78 Å². The highest BCUT2D eigenvalue weighted by Crippen LogP contribution is 2.39. The molecular formula is C12H21F2NO2. The quantitative estimate of drug-likeness (QED) is 0.827. The number of nitrogens with one attached hydrogen (secondary N) is 1. The lowest BCUT2D eigenvalue weighted by Gasteiger charge is -2.45. The summed E-state index contributed by atoms with van der Waals surface area (Å²) in [6, 6.07) is -0.710. The van der Waals surface area contributed by atoms with Crippen LogP contribution in [0.4, 0.5) is 8.78 Å². The van der Waals surface area contributed by atoms with Gasteiger partial charge in [0.05, 0.1) is 11.6 Å². The molecule has 0 aromatic heterocycles. The lowest BCUT2D eigenvalue weighted by atomic mass is 9.78. The lowest BCUT2D eigenvalue weighted by molar-refractivity contribution is -0.154. The largest absolute Gasteiger partial charge is 0.381 e. The molecule has 100 valence electrons. The van der Waals surface area contributed by atoms with E-state index in [1.165, 1.54) is 0 Å². The SMILES string of the molecule is CNC(C(F)F)C1CCOC2(CCOCC2)C1. The molecule has 3 nitrogen and oxygen atoms in total. The zero-order valence-corrected chi connectivity index (χ0v) is 10.3. The van der Waals surface area contributed by atoms with Crippen LogP contribution in [0, 0.1) is 5.92 Å². The highest BCUT2D eigenvalue weighted by molar-refractivity contribution is 4.93. The summed E-state index contributed by atoms with van der Waals surface area (Å²) in [5.74, 6) is 0.00634. The van der Waals surface area contributed by atoms with Gasteiger partial charge in [0.2, 0.25) is 0 Å². The molecule has 2 fully saturated rings. The second-order valence-electron chi connectivity index (χ2n) is 5.05. The van der Waals surface area contributed by atoms with Crippen molar-refractivity contribution in [2.45, 2.75) is 43.8 Å². The van der Waals surface area contributed by atoms with Crippen molar-refractivity contribution in [2.75, 3.05) is 26.9 Å². The number of hydrogen-bond donors (Lipinski definition) is 1. The minimum absolute atomic E-state index is 0.00634. The Morgan fingerprint density at radius 1 is 1.24 bits per heavy atom. The number of alkyl halides is 2. The average Bonchev–Trinajstić information content (AvgIpc) is 2.30. The predicted octanol–water partition coefficient (Wildman–Crippen LogP) is 1.82. The minimum Gasteiger partial charge on any atom is -0.381 e. The van der Waals surface area contributed by atoms with E-state index in [0.29, 0.717) is 19.8 Å². The number of hydrogen-bond acceptors (Lipinski definition) is 3. The molecule has 0 aromatic rings. The van der Waals surface area contributed by atoms with Gasteiger partial charge in [0.15, 0.2) is 0 Å². The fourth-order valence-electron chi connectivity index (χ4n) is 3.03. The molecule has 2 rings (SSSR count). The van der Waals surface area contributed by atoms with E-state index in [2.05, 4.69) is 5.32 Å². The molecule has 2 saturated heterocycles. The first-order valence-electron chi connectivity index (χ1n) is 6.34. The first-order valence-corrected chi connectivity index (χ1v) is 6.34. The average molecular weight is 249 g/mol. The van der Waals surface area contributed by atoms with Gasteiger partial charge in [0.25, 0.3) is 6.43 Å². The molecule has 17 heavy (non-hydrogen) atoms. The Balaban J connectivity index is 2.00. The molecule has 1 spiro atoms.